The van der Waals surface area contributed by atoms with E-state index in [2.05, 4.69) is 30.7 Å². The van der Waals surface area contributed by atoms with Gasteiger partial charge in [0.2, 0.25) is 0 Å². The van der Waals surface area contributed by atoms with Crippen molar-refractivity contribution in [1.29, 1.82) is 0 Å². The SMILES string of the molecule is Cc1cc2nc(NC(=O)c3ccc(N4CCNCC4)c4cn(C)nc34)cc(C)n2n1. The number of amides is 1. The number of aromatic nitrogens is 5. The van der Waals surface area contributed by atoms with Crippen molar-refractivity contribution in [3.63, 3.8) is 0 Å². The van der Waals surface area contributed by atoms with Crippen LogP contribution in [-0.2, 0) is 7.05 Å². The van der Waals surface area contributed by atoms with Gasteiger partial charge in [-0.2, -0.15) is 10.2 Å². The summed E-state index contributed by atoms with van der Waals surface area (Å²) in [5.74, 6) is 0.276. The van der Waals surface area contributed by atoms with E-state index in [1.54, 1.807) is 9.20 Å². The molecule has 30 heavy (non-hydrogen) atoms. The van der Waals surface area contributed by atoms with Crippen LogP contribution in [0.4, 0.5) is 11.5 Å². The highest BCUT2D eigenvalue weighted by Gasteiger charge is 2.20. The van der Waals surface area contributed by atoms with E-state index >= 15 is 0 Å². The van der Waals surface area contributed by atoms with Crippen LogP contribution in [0, 0.1) is 13.8 Å². The second-order valence-corrected chi connectivity index (χ2v) is 7.73. The first kappa shape index (κ1) is 18.6. The second-order valence-electron chi connectivity index (χ2n) is 7.73. The molecular formula is C21H24N8O. The second kappa shape index (κ2) is 7.10. The molecule has 9 heteroatoms. The zero-order valence-corrected chi connectivity index (χ0v) is 17.3. The Hall–Kier alpha value is -3.46. The summed E-state index contributed by atoms with van der Waals surface area (Å²) in [7, 11) is 1.88. The van der Waals surface area contributed by atoms with Crippen LogP contribution in [0.2, 0.25) is 0 Å². The van der Waals surface area contributed by atoms with Crippen LogP contribution in [0.5, 0.6) is 0 Å². The van der Waals surface area contributed by atoms with Gasteiger partial charge >= 0.3 is 0 Å². The van der Waals surface area contributed by atoms with E-state index in [4.69, 9.17) is 0 Å². The summed E-state index contributed by atoms with van der Waals surface area (Å²) < 4.78 is 3.53. The molecule has 1 aromatic carbocycles. The monoisotopic (exact) mass is 404 g/mol. The van der Waals surface area contributed by atoms with Crippen molar-refractivity contribution in [2.45, 2.75) is 13.8 Å². The molecule has 5 rings (SSSR count). The minimum absolute atomic E-state index is 0.224. The Labute approximate surface area is 173 Å². The lowest BCUT2D eigenvalue weighted by atomic mass is 10.1. The summed E-state index contributed by atoms with van der Waals surface area (Å²) in [6.07, 6.45) is 1.98. The highest BCUT2D eigenvalue weighted by Crippen LogP contribution is 2.29. The van der Waals surface area contributed by atoms with Gasteiger partial charge in [-0.15, -0.1) is 0 Å². The molecule has 9 nitrogen and oxygen atoms in total. The Morgan fingerprint density at radius 2 is 1.93 bits per heavy atom. The van der Waals surface area contributed by atoms with Gasteiger partial charge in [-0.25, -0.2) is 9.50 Å². The molecule has 0 saturated carbocycles. The fraction of sp³-hybridized carbons (Fsp3) is 0.333. The standard InChI is InChI=1S/C21H24N8O/c1-13-10-19-23-18(11-14(2)29(19)25-13)24-21(30)15-4-5-17(28-8-6-22-7-9-28)16-12-27(3)26-20(15)16/h4-5,10-12,22H,6-9H2,1-3H3,(H,23,24,30). The molecule has 0 unspecified atom stereocenters. The zero-order chi connectivity index (χ0) is 20.8. The van der Waals surface area contributed by atoms with Crippen LogP contribution >= 0.6 is 0 Å². The third-order valence-corrected chi connectivity index (χ3v) is 5.44. The van der Waals surface area contributed by atoms with Gasteiger partial charge in [0.25, 0.3) is 5.91 Å². The fourth-order valence-electron chi connectivity index (χ4n) is 4.06. The van der Waals surface area contributed by atoms with Crippen LogP contribution < -0.4 is 15.5 Å². The van der Waals surface area contributed by atoms with Crippen molar-refractivity contribution in [3.05, 3.63) is 47.4 Å². The van der Waals surface area contributed by atoms with Crippen molar-refractivity contribution >= 4 is 34.0 Å². The fourth-order valence-corrected chi connectivity index (χ4v) is 4.06. The molecule has 1 saturated heterocycles. The van der Waals surface area contributed by atoms with Gasteiger partial charge in [0.15, 0.2) is 5.65 Å². The normalized spacial score (nSPS) is 14.6. The summed E-state index contributed by atoms with van der Waals surface area (Å²) >= 11 is 0. The van der Waals surface area contributed by atoms with Crippen LogP contribution in [0.15, 0.2) is 30.5 Å². The highest BCUT2D eigenvalue weighted by atomic mass is 16.1. The number of carbonyl (C=O) groups excluding carboxylic acids is 1. The minimum Gasteiger partial charge on any atom is -0.368 e. The van der Waals surface area contributed by atoms with Crippen molar-refractivity contribution in [1.82, 2.24) is 29.7 Å². The first-order valence-corrected chi connectivity index (χ1v) is 10.1. The average Bonchev–Trinajstić information content (AvgIpc) is 3.29. The van der Waals surface area contributed by atoms with Crippen LogP contribution in [-0.4, -0.2) is 56.5 Å². The van der Waals surface area contributed by atoms with Gasteiger partial charge in [-0.3, -0.25) is 9.48 Å². The van der Waals surface area contributed by atoms with Crippen LogP contribution in [0.25, 0.3) is 16.6 Å². The molecule has 1 amide bonds. The molecule has 154 valence electrons. The van der Waals surface area contributed by atoms with Crippen molar-refractivity contribution in [2.75, 3.05) is 36.4 Å². The first-order valence-electron chi connectivity index (χ1n) is 10.1. The molecule has 0 bridgehead atoms. The third kappa shape index (κ3) is 3.17. The molecule has 4 heterocycles. The molecule has 1 aliphatic rings. The number of benzene rings is 1. The minimum atomic E-state index is -0.224. The number of nitrogens with zero attached hydrogens (tertiary/aromatic N) is 6. The summed E-state index contributed by atoms with van der Waals surface area (Å²) in [6, 6.07) is 7.59. The maximum atomic E-state index is 13.1. The zero-order valence-electron chi connectivity index (χ0n) is 17.3. The number of carbonyl (C=O) groups is 1. The van der Waals surface area contributed by atoms with E-state index in [0.29, 0.717) is 22.5 Å². The number of fused-ring (bicyclic) bond motifs is 2. The van der Waals surface area contributed by atoms with Crippen molar-refractivity contribution in [3.8, 4) is 0 Å². The lowest BCUT2D eigenvalue weighted by molar-refractivity contribution is 0.102. The lowest BCUT2D eigenvalue weighted by Gasteiger charge is -2.30. The van der Waals surface area contributed by atoms with Gasteiger partial charge in [-0.1, -0.05) is 0 Å². The average molecular weight is 404 g/mol. The van der Waals surface area contributed by atoms with Crippen LogP contribution in [0.3, 0.4) is 0 Å². The number of piperazine rings is 1. The quantitative estimate of drug-likeness (QED) is 0.542. The summed E-state index contributed by atoms with van der Waals surface area (Å²) in [4.78, 5) is 20.0. The largest absolute Gasteiger partial charge is 0.368 e. The van der Waals surface area contributed by atoms with E-state index < -0.39 is 0 Å². The predicted molar refractivity (Wildman–Crippen MR) is 116 cm³/mol. The van der Waals surface area contributed by atoms with Gasteiger partial charge < -0.3 is 15.5 Å². The Morgan fingerprint density at radius 3 is 2.73 bits per heavy atom. The van der Waals surface area contributed by atoms with Gasteiger partial charge in [0.1, 0.15) is 11.3 Å². The number of aryl methyl sites for hydroxylation is 3. The number of hydrogen-bond acceptors (Lipinski definition) is 6. The van der Waals surface area contributed by atoms with E-state index in [1.165, 1.54) is 0 Å². The number of nitrogens with one attached hydrogen (secondary N) is 2. The summed E-state index contributed by atoms with van der Waals surface area (Å²) in [5, 5.41) is 16.3. The number of rotatable bonds is 3. The van der Waals surface area contributed by atoms with E-state index in [1.807, 2.05) is 51.4 Å². The molecular weight excluding hydrogens is 380 g/mol. The smallest absolute Gasteiger partial charge is 0.259 e. The van der Waals surface area contributed by atoms with Crippen LogP contribution in [0.1, 0.15) is 21.7 Å². The van der Waals surface area contributed by atoms with E-state index in [-0.39, 0.29) is 5.91 Å². The Morgan fingerprint density at radius 1 is 1.13 bits per heavy atom. The molecule has 0 radical (unpaired) electrons. The van der Waals surface area contributed by atoms with E-state index in [0.717, 1.165) is 48.6 Å². The van der Waals surface area contributed by atoms with Crippen molar-refractivity contribution < 1.29 is 4.79 Å². The molecule has 4 aromatic rings. The molecule has 1 aliphatic heterocycles. The van der Waals surface area contributed by atoms with Gasteiger partial charge in [-0.05, 0) is 26.0 Å². The molecule has 0 spiro atoms. The van der Waals surface area contributed by atoms with E-state index in [9.17, 15) is 4.79 Å². The molecule has 1 fully saturated rings. The Kier molecular flexibility index (Phi) is 4.39. The summed E-state index contributed by atoms with van der Waals surface area (Å²) in [6.45, 7) is 7.63. The highest BCUT2D eigenvalue weighted by molar-refractivity contribution is 6.13. The topological polar surface area (TPSA) is 92.4 Å². The predicted octanol–water partition coefficient (Wildman–Crippen LogP) is 1.89. The molecule has 0 aliphatic carbocycles. The molecule has 3 aromatic heterocycles. The first-order chi connectivity index (χ1) is 14.5. The van der Waals surface area contributed by atoms with Gasteiger partial charge in [0, 0.05) is 68.3 Å². The maximum absolute atomic E-state index is 13.1. The van der Waals surface area contributed by atoms with Gasteiger partial charge in [0.05, 0.1) is 11.3 Å². The molecule has 2 N–H and O–H groups in total. The third-order valence-electron chi connectivity index (χ3n) is 5.44. The Balaban J connectivity index is 1.51. The maximum Gasteiger partial charge on any atom is 0.259 e. The Bertz CT molecular complexity index is 1270. The van der Waals surface area contributed by atoms with Crippen molar-refractivity contribution in [2.24, 2.45) is 7.05 Å². The number of anilines is 2. The lowest BCUT2D eigenvalue weighted by Crippen LogP contribution is -2.43. The number of hydrogen-bond donors (Lipinski definition) is 2. The molecule has 0 atom stereocenters. The summed E-state index contributed by atoms with van der Waals surface area (Å²) in [5.41, 5.74) is 4.84.